The van der Waals surface area contributed by atoms with Gasteiger partial charge in [-0.05, 0) is 18.6 Å². The van der Waals surface area contributed by atoms with Gasteiger partial charge in [-0.1, -0.05) is 0 Å². The number of anilines is 1. The number of aromatic nitrogens is 2. The summed E-state index contributed by atoms with van der Waals surface area (Å²) in [5.74, 6) is -1.17. The molecule has 1 aliphatic heterocycles. The van der Waals surface area contributed by atoms with Gasteiger partial charge in [-0.3, -0.25) is 19.7 Å². The average molecular weight is 284 g/mol. The van der Waals surface area contributed by atoms with Crippen molar-refractivity contribution in [2.45, 2.75) is 6.92 Å². The van der Waals surface area contributed by atoms with Gasteiger partial charge in [0.05, 0.1) is 10.6 Å². The van der Waals surface area contributed by atoms with E-state index in [1.165, 1.54) is 30.6 Å². The Morgan fingerprint density at radius 1 is 1.10 bits per heavy atom. The zero-order valence-electron chi connectivity index (χ0n) is 10.8. The molecule has 0 spiro atoms. The van der Waals surface area contributed by atoms with E-state index in [0.717, 1.165) is 4.90 Å². The normalized spacial score (nSPS) is 13.5. The van der Waals surface area contributed by atoms with E-state index in [1.54, 1.807) is 6.92 Å². The Hall–Kier alpha value is -3.16. The molecule has 0 bridgehead atoms. The number of carbonyl (C=O) groups is 2. The molecule has 104 valence electrons. The van der Waals surface area contributed by atoms with Crippen molar-refractivity contribution in [1.82, 2.24) is 9.97 Å². The molecule has 2 amide bonds. The van der Waals surface area contributed by atoms with E-state index >= 15 is 0 Å². The van der Waals surface area contributed by atoms with Crippen LogP contribution >= 0.6 is 0 Å². The van der Waals surface area contributed by atoms with Crippen molar-refractivity contribution < 1.29 is 14.5 Å². The molecule has 21 heavy (non-hydrogen) atoms. The Morgan fingerprint density at radius 3 is 2.14 bits per heavy atom. The number of nitro groups is 1. The first-order valence-corrected chi connectivity index (χ1v) is 5.95. The minimum atomic E-state index is -0.583. The highest BCUT2D eigenvalue weighted by Crippen LogP contribution is 2.30. The molecule has 0 saturated heterocycles. The first-order valence-electron chi connectivity index (χ1n) is 5.95. The van der Waals surface area contributed by atoms with Crippen LogP contribution in [0, 0.1) is 17.0 Å². The summed E-state index contributed by atoms with van der Waals surface area (Å²) in [6.07, 6.45) is 2.66. The summed E-state index contributed by atoms with van der Waals surface area (Å²) in [7, 11) is 0. The number of benzene rings is 1. The number of carbonyl (C=O) groups excluding carboxylic acids is 2. The van der Waals surface area contributed by atoms with Crippen molar-refractivity contribution in [2.24, 2.45) is 0 Å². The number of hydrogen-bond acceptors (Lipinski definition) is 6. The van der Waals surface area contributed by atoms with Gasteiger partial charge >= 0.3 is 0 Å². The fraction of sp³-hybridized carbons (Fsp3) is 0.0769. The number of nitro benzene ring substituents is 1. The summed E-state index contributed by atoms with van der Waals surface area (Å²) >= 11 is 0. The van der Waals surface area contributed by atoms with Crippen LogP contribution in [0.25, 0.3) is 0 Å². The third kappa shape index (κ3) is 1.84. The average Bonchev–Trinajstić information content (AvgIpc) is 2.72. The highest BCUT2D eigenvalue weighted by Gasteiger charge is 2.39. The predicted octanol–water partition coefficient (Wildman–Crippen LogP) is 1.49. The number of imide groups is 1. The van der Waals surface area contributed by atoms with Gasteiger partial charge in [-0.25, -0.2) is 14.9 Å². The number of aryl methyl sites for hydroxylation is 1. The molecule has 0 fully saturated rings. The molecule has 8 heteroatoms. The first kappa shape index (κ1) is 12.9. The van der Waals surface area contributed by atoms with Crippen molar-refractivity contribution in [3.63, 3.8) is 0 Å². The Balaban J connectivity index is 2.09. The second kappa shape index (κ2) is 4.44. The van der Waals surface area contributed by atoms with Crippen LogP contribution in [0.5, 0.6) is 0 Å². The van der Waals surface area contributed by atoms with Gasteiger partial charge in [-0.2, -0.15) is 0 Å². The van der Waals surface area contributed by atoms with Gasteiger partial charge in [0.25, 0.3) is 17.5 Å². The minimum absolute atomic E-state index is 0.0137. The van der Waals surface area contributed by atoms with Gasteiger partial charge < -0.3 is 0 Å². The second-order valence-electron chi connectivity index (χ2n) is 4.43. The molecule has 0 saturated carbocycles. The highest BCUT2D eigenvalue weighted by molar-refractivity contribution is 6.33. The lowest BCUT2D eigenvalue weighted by Gasteiger charge is -2.15. The van der Waals surface area contributed by atoms with E-state index in [-0.39, 0.29) is 22.8 Å². The third-order valence-electron chi connectivity index (χ3n) is 3.14. The molecule has 1 aliphatic rings. The Kier molecular flexibility index (Phi) is 2.72. The smallest absolute Gasteiger partial charge is 0.266 e. The quantitative estimate of drug-likeness (QED) is 0.470. The topological polar surface area (TPSA) is 106 Å². The van der Waals surface area contributed by atoms with Crippen molar-refractivity contribution in [2.75, 3.05) is 4.90 Å². The van der Waals surface area contributed by atoms with Crippen LogP contribution < -0.4 is 4.90 Å². The van der Waals surface area contributed by atoms with E-state index < -0.39 is 16.7 Å². The van der Waals surface area contributed by atoms with Crippen molar-refractivity contribution >= 4 is 23.2 Å². The van der Waals surface area contributed by atoms with Crippen LogP contribution in [0.2, 0.25) is 0 Å². The van der Waals surface area contributed by atoms with Crippen LogP contribution in [0.4, 0.5) is 11.4 Å². The molecule has 8 nitrogen and oxygen atoms in total. The van der Waals surface area contributed by atoms with Crippen molar-refractivity contribution in [3.05, 3.63) is 57.7 Å². The largest absolute Gasteiger partial charge is 0.286 e. The SMILES string of the molecule is Cc1cc([N+](=O)[O-])ccc1N1C(=O)c2nccnc2C1=O. The number of amides is 2. The molecule has 2 heterocycles. The predicted molar refractivity (Wildman–Crippen MR) is 71.0 cm³/mol. The van der Waals surface area contributed by atoms with E-state index in [0.29, 0.717) is 5.56 Å². The molecule has 1 aromatic heterocycles. The first-order chi connectivity index (χ1) is 10.0. The van der Waals surface area contributed by atoms with E-state index in [1.807, 2.05) is 0 Å². The second-order valence-corrected chi connectivity index (χ2v) is 4.43. The van der Waals surface area contributed by atoms with E-state index in [9.17, 15) is 19.7 Å². The molecule has 0 radical (unpaired) electrons. The summed E-state index contributed by atoms with van der Waals surface area (Å²) in [5, 5.41) is 10.7. The van der Waals surface area contributed by atoms with Gasteiger partial charge in [0.15, 0.2) is 11.4 Å². The molecule has 1 aromatic carbocycles. The zero-order chi connectivity index (χ0) is 15.1. The molecule has 0 aliphatic carbocycles. The molecule has 3 rings (SSSR count). The minimum Gasteiger partial charge on any atom is -0.266 e. The maximum Gasteiger partial charge on any atom is 0.286 e. The summed E-state index contributed by atoms with van der Waals surface area (Å²) in [4.78, 5) is 43.3. The number of rotatable bonds is 2. The Bertz CT molecular complexity index is 768. The van der Waals surface area contributed by atoms with Crippen LogP contribution in [-0.2, 0) is 0 Å². The fourth-order valence-corrected chi connectivity index (χ4v) is 2.18. The van der Waals surface area contributed by atoms with Crippen LogP contribution in [0.1, 0.15) is 26.5 Å². The molecule has 0 atom stereocenters. The summed E-state index contributed by atoms with van der Waals surface area (Å²) in [6, 6.07) is 3.92. The van der Waals surface area contributed by atoms with Crippen molar-refractivity contribution in [3.8, 4) is 0 Å². The molecule has 2 aromatic rings. The fourth-order valence-electron chi connectivity index (χ4n) is 2.18. The highest BCUT2D eigenvalue weighted by atomic mass is 16.6. The lowest BCUT2D eigenvalue weighted by molar-refractivity contribution is -0.384. The van der Waals surface area contributed by atoms with Gasteiger partial charge in [0.2, 0.25) is 0 Å². The van der Waals surface area contributed by atoms with E-state index in [4.69, 9.17) is 0 Å². The Morgan fingerprint density at radius 2 is 1.67 bits per heavy atom. The summed E-state index contributed by atoms with van der Waals surface area (Å²) < 4.78 is 0. The third-order valence-corrected chi connectivity index (χ3v) is 3.14. The standard InChI is InChI=1S/C13H8N4O4/c1-7-6-8(17(20)21)2-3-9(7)16-12(18)10-11(13(16)19)15-5-4-14-10/h2-6H,1H3. The lowest BCUT2D eigenvalue weighted by Crippen LogP contribution is -2.30. The zero-order valence-corrected chi connectivity index (χ0v) is 10.8. The van der Waals surface area contributed by atoms with Crippen LogP contribution in [-0.4, -0.2) is 26.7 Å². The number of fused-ring (bicyclic) bond motifs is 1. The number of hydrogen-bond donors (Lipinski definition) is 0. The van der Waals surface area contributed by atoms with Crippen LogP contribution in [0.3, 0.4) is 0 Å². The van der Waals surface area contributed by atoms with Crippen LogP contribution in [0.15, 0.2) is 30.6 Å². The van der Waals surface area contributed by atoms with Gasteiger partial charge in [-0.15, -0.1) is 0 Å². The monoisotopic (exact) mass is 284 g/mol. The van der Waals surface area contributed by atoms with Crippen molar-refractivity contribution in [1.29, 1.82) is 0 Å². The molecular weight excluding hydrogens is 276 g/mol. The van der Waals surface area contributed by atoms with Gasteiger partial charge in [0, 0.05) is 24.5 Å². The maximum atomic E-state index is 12.2. The number of non-ortho nitro benzene ring substituents is 1. The Labute approximate surface area is 118 Å². The summed E-state index contributed by atoms with van der Waals surface area (Å²) in [6.45, 7) is 1.59. The molecular formula is C13H8N4O4. The summed E-state index contributed by atoms with van der Waals surface area (Å²) in [5.41, 5.74) is 0.596. The maximum absolute atomic E-state index is 12.2. The lowest BCUT2D eigenvalue weighted by atomic mass is 10.1. The van der Waals surface area contributed by atoms with E-state index in [2.05, 4.69) is 9.97 Å². The molecule has 0 unspecified atom stereocenters. The number of nitrogens with zero attached hydrogens (tertiary/aromatic N) is 4. The molecule has 0 N–H and O–H groups in total. The van der Waals surface area contributed by atoms with Gasteiger partial charge in [0.1, 0.15) is 0 Å².